The smallest absolute Gasteiger partial charge is 0.0847 e. The predicted molar refractivity (Wildman–Crippen MR) is 69.0 cm³/mol. The van der Waals surface area contributed by atoms with Gasteiger partial charge in [-0.3, -0.25) is 4.68 Å². The molecule has 0 aliphatic carbocycles. The molecule has 1 aromatic rings. The van der Waals surface area contributed by atoms with E-state index in [1.807, 2.05) is 25.7 Å². The summed E-state index contributed by atoms with van der Waals surface area (Å²) in [5.74, 6) is 0. The lowest BCUT2D eigenvalue weighted by molar-refractivity contribution is 0.276. The van der Waals surface area contributed by atoms with Crippen LogP contribution in [0, 0.1) is 12.3 Å². The molecule has 1 rings (SSSR count). The maximum Gasteiger partial charge on any atom is 0.0847 e. The monoisotopic (exact) mass is 243 g/mol. The molecule has 0 amide bonds. The van der Waals surface area contributed by atoms with Crippen molar-refractivity contribution in [2.45, 2.75) is 40.2 Å². The Morgan fingerprint density at radius 1 is 1.44 bits per heavy atom. The second-order valence-electron chi connectivity index (χ2n) is 5.38. The lowest BCUT2D eigenvalue weighted by atomic mass is 9.84. The van der Waals surface area contributed by atoms with Gasteiger partial charge in [0.25, 0.3) is 0 Å². The van der Waals surface area contributed by atoms with Gasteiger partial charge in [-0.1, -0.05) is 32.4 Å². The van der Waals surface area contributed by atoms with Crippen LogP contribution >= 0.6 is 11.6 Å². The van der Waals surface area contributed by atoms with Crippen LogP contribution in [0.3, 0.4) is 0 Å². The van der Waals surface area contributed by atoms with Gasteiger partial charge in [0, 0.05) is 19.5 Å². The average molecular weight is 244 g/mol. The number of hydrogen-bond acceptors (Lipinski definition) is 2. The van der Waals surface area contributed by atoms with Crippen LogP contribution in [0.5, 0.6) is 0 Å². The van der Waals surface area contributed by atoms with Gasteiger partial charge in [0.05, 0.1) is 16.4 Å². The van der Waals surface area contributed by atoms with Crippen molar-refractivity contribution < 1.29 is 0 Å². The fraction of sp³-hybridized carbons (Fsp3) is 0.750. The molecule has 0 aliphatic rings. The summed E-state index contributed by atoms with van der Waals surface area (Å²) in [6.45, 7) is 8.62. The van der Waals surface area contributed by atoms with Crippen molar-refractivity contribution in [3.8, 4) is 0 Å². The van der Waals surface area contributed by atoms with Gasteiger partial charge < -0.3 is 5.32 Å². The maximum atomic E-state index is 6.25. The normalized spacial score (nSPS) is 14.2. The van der Waals surface area contributed by atoms with Crippen LogP contribution in [0.15, 0.2) is 0 Å². The average Bonchev–Trinajstić information content (AvgIpc) is 2.37. The third kappa shape index (κ3) is 2.77. The number of likely N-dealkylation sites (N-methyl/N-ethyl adjacent to an activating group) is 1. The topological polar surface area (TPSA) is 29.9 Å². The van der Waals surface area contributed by atoms with Crippen molar-refractivity contribution in [2.75, 3.05) is 7.05 Å². The lowest BCUT2D eigenvalue weighted by Gasteiger charge is -2.30. The summed E-state index contributed by atoms with van der Waals surface area (Å²) in [5.41, 5.74) is 2.22. The van der Waals surface area contributed by atoms with Crippen LogP contribution in [0.1, 0.15) is 32.2 Å². The van der Waals surface area contributed by atoms with Crippen molar-refractivity contribution in [1.82, 2.24) is 15.1 Å². The number of nitrogens with zero attached hydrogens (tertiary/aromatic N) is 2. The first-order valence-electron chi connectivity index (χ1n) is 5.62. The maximum absolute atomic E-state index is 6.25. The minimum atomic E-state index is 0.205. The van der Waals surface area contributed by atoms with Crippen LogP contribution in [0.4, 0.5) is 0 Å². The number of aromatic nitrogens is 2. The van der Waals surface area contributed by atoms with Gasteiger partial charge in [-0.2, -0.15) is 5.10 Å². The van der Waals surface area contributed by atoms with Gasteiger partial charge in [0.1, 0.15) is 0 Å². The minimum Gasteiger partial charge on any atom is -0.316 e. The highest BCUT2D eigenvalue weighted by Gasteiger charge is 2.25. The Hall–Kier alpha value is -0.540. The van der Waals surface area contributed by atoms with Crippen LogP contribution in [0.2, 0.25) is 5.02 Å². The largest absolute Gasteiger partial charge is 0.316 e. The fourth-order valence-corrected chi connectivity index (χ4v) is 2.17. The molecule has 92 valence electrons. The number of rotatable bonds is 3. The van der Waals surface area contributed by atoms with E-state index in [2.05, 4.69) is 31.2 Å². The highest BCUT2D eigenvalue weighted by Crippen LogP contribution is 2.26. The molecule has 0 radical (unpaired) electrons. The van der Waals surface area contributed by atoms with E-state index in [1.54, 1.807) is 0 Å². The zero-order valence-corrected chi connectivity index (χ0v) is 11.8. The molecule has 3 nitrogen and oxygen atoms in total. The van der Waals surface area contributed by atoms with Gasteiger partial charge in [0.2, 0.25) is 0 Å². The second kappa shape index (κ2) is 4.76. The highest BCUT2D eigenvalue weighted by molar-refractivity contribution is 6.31. The Kier molecular flexibility index (Phi) is 4.02. The molecule has 1 atom stereocenters. The summed E-state index contributed by atoms with van der Waals surface area (Å²) in [6.07, 6.45) is 0.899. The first kappa shape index (κ1) is 13.5. The summed E-state index contributed by atoms with van der Waals surface area (Å²) in [4.78, 5) is 0. The SMILES string of the molecule is CNC(Cc1c(Cl)c(C)nn1C)C(C)(C)C. The molecule has 0 aromatic carbocycles. The number of hydrogen-bond donors (Lipinski definition) is 1. The standard InChI is InChI=1S/C12H22ClN3/c1-8-11(13)9(16(6)15-8)7-10(14-5)12(2,3)4/h10,14H,7H2,1-6H3. The van der Waals surface area contributed by atoms with E-state index in [0.29, 0.717) is 6.04 Å². The summed E-state index contributed by atoms with van der Waals surface area (Å²) in [5, 5.41) is 8.49. The van der Waals surface area contributed by atoms with E-state index in [1.165, 1.54) is 0 Å². The molecule has 1 N–H and O–H groups in total. The number of halogens is 1. The van der Waals surface area contributed by atoms with Gasteiger partial charge in [-0.25, -0.2) is 0 Å². The van der Waals surface area contributed by atoms with E-state index in [9.17, 15) is 0 Å². The summed E-state index contributed by atoms with van der Waals surface area (Å²) < 4.78 is 1.88. The van der Waals surface area contributed by atoms with E-state index in [-0.39, 0.29) is 5.41 Å². The van der Waals surface area contributed by atoms with Crippen molar-refractivity contribution >= 4 is 11.6 Å². The Balaban J connectivity index is 2.95. The first-order valence-corrected chi connectivity index (χ1v) is 6.00. The molecular formula is C12H22ClN3. The molecule has 0 fully saturated rings. The van der Waals surface area contributed by atoms with Crippen LogP contribution in [0.25, 0.3) is 0 Å². The molecule has 1 heterocycles. The van der Waals surface area contributed by atoms with Crippen LogP contribution in [-0.2, 0) is 13.5 Å². The molecule has 4 heteroatoms. The molecule has 0 spiro atoms. The highest BCUT2D eigenvalue weighted by atomic mass is 35.5. The Labute approximate surface area is 103 Å². The molecule has 1 aromatic heterocycles. The summed E-state index contributed by atoms with van der Waals surface area (Å²) in [7, 11) is 3.94. The van der Waals surface area contributed by atoms with Crippen LogP contribution in [-0.4, -0.2) is 22.9 Å². The van der Waals surface area contributed by atoms with Crippen molar-refractivity contribution in [3.05, 3.63) is 16.4 Å². The summed E-state index contributed by atoms with van der Waals surface area (Å²) >= 11 is 6.25. The summed E-state index contributed by atoms with van der Waals surface area (Å²) in [6, 6.07) is 0.389. The Bertz CT molecular complexity index is 363. The Morgan fingerprint density at radius 2 is 2.00 bits per heavy atom. The molecule has 0 bridgehead atoms. The molecule has 0 saturated heterocycles. The first-order chi connectivity index (χ1) is 7.27. The fourth-order valence-electron chi connectivity index (χ4n) is 1.94. The van der Waals surface area contributed by atoms with E-state index in [4.69, 9.17) is 11.6 Å². The lowest BCUT2D eigenvalue weighted by Crippen LogP contribution is -2.40. The van der Waals surface area contributed by atoms with E-state index in [0.717, 1.165) is 22.8 Å². The molecule has 0 saturated carbocycles. The minimum absolute atomic E-state index is 0.205. The third-order valence-electron chi connectivity index (χ3n) is 3.05. The number of aryl methyl sites for hydroxylation is 2. The predicted octanol–water partition coefficient (Wildman–Crippen LogP) is 2.56. The van der Waals surface area contributed by atoms with Gasteiger partial charge in [-0.15, -0.1) is 0 Å². The second-order valence-corrected chi connectivity index (χ2v) is 5.76. The molecular weight excluding hydrogens is 222 g/mol. The van der Waals surface area contributed by atoms with E-state index >= 15 is 0 Å². The van der Waals surface area contributed by atoms with Gasteiger partial charge in [-0.05, 0) is 19.4 Å². The third-order valence-corrected chi connectivity index (χ3v) is 3.54. The van der Waals surface area contributed by atoms with Crippen molar-refractivity contribution in [1.29, 1.82) is 0 Å². The Morgan fingerprint density at radius 3 is 2.31 bits per heavy atom. The van der Waals surface area contributed by atoms with Gasteiger partial charge >= 0.3 is 0 Å². The van der Waals surface area contributed by atoms with Crippen molar-refractivity contribution in [2.24, 2.45) is 12.5 Å². The zero-order chi connectivity index (χ0) is 12.5. The quantitative estimate of drug-likeness (QED) is 0.885. The molecule has 16 heavy (non-hydrogen) atoms. The van der Waals surface area contributed by atoms with Crippen LogP contribution < -0.4 is 5.32 Å². The molecule has 0 aliphatic heterocycles. The molecule has 1 unspecified atom stereocenters. The number of nitrogens with one attached hydrogen (secondary N) is 1. The van der Waals surface area contributed by atoms with E-state index < -0.39 is 0 Å². The van der Waals surface area contributed by atoms with Gasteiger partial charge in [0.15, 0.2) is 0 Å². The van der Waals surface area contributed by atoms with Crippen molar-refractivity contribution in [3.63, 3.8) is 0 Å². The zero-order valence-electron chi connectivity index (χ0n) is 11.1.